The summed E-state index contributed by atoms with van der Waals surface area (Å²) >= 11 is 0. The standard InChI is InChI=1S/C12H18N2O3/c1-12(2,3)14-9(15)8-6-5-7-17-10(8)13(4)11(14)16/h5-7H2,1-4H3. The van der Waals surface area contributed by atoms with Crippen molar-refractivity contribution < 1.29 is 4.74 Å². The minimum Gasteiger partial charge on any atom is -0.478 e. The summed E-state index contributed by atoms with van der Waals surface area (Å²) in [6, 6.07) is 0. The Bertz CT molecular complexity index is 561. The maximum absolute atomic E-state index is 12.3. The molecular formula is C12H18N2O3. The van der Waals surface area contributed by atoms with E-state index in [-0.39, 0.29) is 11.2 Å². The highest BCUT2D eigenvalue weighted by molar-refractivity contribution is 5.26. The van der Waals surface area contributed by atoms with Crippen molar-refractivity contribution in [2.75, 3.05) is 6.61 Å². The normalized spacial score (nSPS) is 15.3. The zero-order valence-electron chi connectivity index (χ0n) is 10.7. The van der Waals surface area contributed by atoms with Gasteiger partial charge in [-0.05, 0) is 33.6 Å². The minimum absolute atomic E-state index is 0.213. The van der Waals surface area contributed by atoms with E-state index in [9.17, 15) is 9.59 Å². The van der Waals surface area contributed by atoms with Crippen molar-refractivity contribution in [3.05, 3.63) is 26.4 Å². The Balaban J connectivity index is 2.85. The number of ether oxygens (including phenoxy) is 1. The van der Waals surface area contributed by atoms with Gasteiger partial charge in [0.05, 0.1) is 12.2 Å². The Morgan fingerprint density at radius 2 is 1.88 bits per heavy atom. The third-order valence-corrected chi connectivity index (χ3v) is 2.98. The van der Waals surface area contributed by atoms with E-state index in [4.69, 9.17) is 4.74 Å². The number of fused-ring (bicyclic) bond motifs is 1. The maximum atomic E-state index is 12.3. The van der Waals surface area contributed by atoms with E-state index in [2.05, 4.69) is 0 Å². The molecule has 2 heterocycles. The molecule has 1 aromatic rings. The predicted octanol–water partition coefficient (Wildman–Crippen LogP) is 0.627. The molecule has 1 aromatic heterocycles. The lowest BCUT2D eigenvalue weighted by Crippen LogP contribution is -2.49. The highest BCUT2D eigenvalue weighted by Gasteiger charge is 2.26. The van der Waals surface area contributed by atoms with Gasteiger partial charge in [-0.1, -0.05) is 0 Å². The number of aromatic nitrogens is 2. The highest BCUT2D eigenvalue weighted by atomic mass is 16.5. The Morgan fingerprint density at radius 3 is 2.47 bits per heavy atom. The molecule has 0 N–H and O–H groups in total. The second-order valence-electron chi connectivity index (χ2n) is 5.39. The number of hydrogen-bond acceptors (Lipinski definition) is 3. The second kappa shape index (κ2) is 3.75. The van der Waals surface area contributed by atoms with E-state index < -0.39 is 5.54 Å². The Kier molecular flexibility index (Phi) is 2.64. The second-order valence-corrected chi connectivity index (χ2v) is 5.39. The lowest BCUT2D eigenvalue weighted by atomic mass is 10.1. The minimum atomic E-state index is -0.515. The molecule has 94 valence electrons. The molecule has 0 aromatic carbocycles. The first-order chi connectivity index (χ1) is 7.84. The van der Waals surface area contributed by atoms with Crippen molar-refractivity contribution in [3.8, 4) is 5.88 Å². The van der Waals surface area contributed by atoms with Crippen LogP contribution in [-0.2, 0) is 19.0 Å². The number of rotatable bonds is 0. The average molecular weight is 238 g/mol. The molecule has 0 radical (unpaired) electrons. The molecule has 2 rings (SSSR count). The van der Waals surface area contributed by atoms with Crippen LogP contribution in [0.25, 0.3) is 0 Å². The maximum Gasteiger partial charge on any atom is 0.334 e. The fourth-order valence-electron chi connectivity index (χ4n) is 2.16. The van der Waals surface area contributed by atoms with E-state index in [1.54, 1.807) is 7.05 Å². The molecule has 17 heavy (non-hydrogen) atoms. The molecule has 1 aliphatic heterocycles. The summed E-state index contributed by atoms with van der Waals surface area (Å²) < 4.78 is 8.17. The van der Waals surface area contributed by atoms with E-state index >= 15 is 0 Å². The summed E-state index contributed by atoms with van der Waals surface area (Å²) in [5.74, 6) is 0.437. The van der Waals surface area contributed by atoms with Gasteiger partial charge in [0, 0.05) is 12.6 Å². The van der Waals surface area contributed by atoms with Crippen LogP contribution in [0.4, 0.5) is 0 Å². The van der Waals surface area contributed by atoms with E-state index in [1.165, 1.54) is 9.13 Å². The van der Waals surface area contributed by atoms with E-state index in [0.29, 0.717) is 24.5 Å². The third-order valence-electron chi connectivity index (χ3n) is 2.98. The van der Waals surface area contributed by atoms with Crippen LogP contribution in [0.3, 0.4) is 0 Å². The molecule has 0 bridgehead atoms. The topological polar surface area (TPSA) is 53.2 Å². The SMILES string of the molecule is Cn1c2c(c(=O)n(C(C)(C)C)c1=O)CCCO2. The smallest absolute Gasteiger partial charge is 0.334 e. The van der Waals surface area contributed by atoms with Gasteiger partial charge in [-0.25, -0.2) is 4.79 Å². The van der Waals surface area contributed by atoms with Crippen LogP contribution in [-0.4, -0.2) is 15.7 Å². The first-order valence-electron chi connectivity index (χ1n) is 5.82. The van der Waals surface area contributed by atoms with Crippen LogP contribution < -0.4 is 16.0 Å². The van der Waals surface area contributed by atoms with E-state index in [1.807, 2.05) is 20.8 Å². The number of nitrogens with zero attached hydrogens (tertiary/aromatic N) is 2. The lowest BCUT2D eigenvalue weighted by Gasteiger charge is -2.26. The molecule has 5 heteroatoms. The van der Waals surface area contributed by atoms with Gasteiger partial charge >= 0.3 is 5.69 Å². The van der Waals surface area contributed by atoms with Crippen molar-refractivity contribution in [3.63, 3.8) is 0 Å². The Hall–Kier alpha value is -1.52. The van der Waals surface area contributed by atoms with Crippen LogP contribution in [0.1, 0.15) is 32.8 Å². The quantitative estimate of drug-likeness (QED) is 0.666. The van der Waals surface area contributed by atoms with Gasteiger partial charge in [0.15, 0.2) is 0 Å². The Labute approximate surface area is 99.6 Å². The molecule has 5 nitrogen and oxygen atoms in total. The first kappa shape index (κ1) is 12.0. The molecule has 0 amide bonds. The molecule has 1 aliphatic rings. The lowest BCUT2D eigenvalue weighted by molar-refractivity contribution is 0.248. The molecule has 0 spiro atoms. The van der Waals surface area contributed by atoms with Gasteiger partial charge in [-0.3, -0.25) is 13.9 Å². The van der Waals surface area contributed by atoms with Gasteiger partial charge in [0.25, 0.3) is 5.56 Å². The van der Waals surface area contributed by atoms with Crippen molar-refractivity contribution in [1.29, 1.82) is 0 Å². The molecule has 0 saturated heterocycles. The van der Waals surface area contributed by atoms with E-state index in [0.717, 1.165) is 6.42 Å². The van der Waals surface area contributed by atoms with Gasteiger partial charge in [0.1, 0.15) is 0 Å². The molecule has 0 saturated carbocycles. The molecule has 0 atom stereocenters. The van der Waals surface area contributed by atoms with Gasteiger partial charge in [-0.2, -0.15) is 0 Å². The van der Waals surface area contributed by atoms with Crippen LogP contribution in [0.5, 0.6) is 5.88 Å². The summed E-state index contributed by atoms with van der Waals surface area (Å²) in [4.78, 5) is 24.5. The molecule has 0 aliphatic carbocycles. The van der Waals surface area contributed by atoms with Gasteiger partial charge < -0.3 is 4.74 Å². The molecule has 0 fully saturated rings. The van der Waals surface area contributed by atoms with Crippen molar-refractivity contribution in [2.45, 2.75) is 39.2 Å². The fourth-order valence-corrected chi connectivity index (χ4v) is 2.16. The van der Waals surface area contributed by atoms with Crippen molar-refractivity contribution in [2.24, 2.45) is 7.05 Å². The fraction of sp³-hybridized carbons (Fsp3) is 0.667. The average Bonchev–Trinajstić information content (AvgIpc) is 2.24. The van der Waals surface area contributed by atoms with Crippen LogP contribution >= 0.6 is 0 Å². The summed E-state index contributed by atoms with van der Waals surface area (Å²) in [5, 5.41) is 0. The zero-order valence-corrected chi connectivity index (χ0v) is 10.7. The number of hydrogen-bond donors (Lipinski definition) is 0. The zero-order chi connectivity index (χ0) is 12.8. The van der Waals surface area contributed by atoms with Crippen molar-refractivity contribution in [1.82, 2.24) is 9.13 Å². The summed E-state index contributed by atoms with van der Waals surface area (Å²) in [6.07, 6.45) is 1.50. The summed E-state index contributed by atoms with van der Waals surface area (Å²) in [5.41, 5.74) is -0.426. The van der Waals surface area contributed by atoms with Gasteiger partial charge in [0.2, 0.25) is 5.88 Å². The molecule has 0 unspecified atom stereocenters. The third kappa shape index (κ3) is 1.79. The Morgan fingerprint density at radius 1 is 1.24 bits per heavy atom. The van der Waals surface area contributed by atoms with Crippen molar-refractivity contribution >= 4 is 0 Å². The first-order valence-corrected chi connectivity index (χ1v) is 5.82. The molecular weight excluding hydrogens is 220 g/mol. The van der Waals surface area contributed by atoms with Gasteiger partial charge in [-0.15, -0.1) is 0 Å². The largest absolute Gasteiger partial charge is 0.478 e. The van der Waals surface area contributed by atoms with Crippen LogP contribution in [0.2, 0.25) is 0 Å². The van der Waals surface area contributed by atoms with Crippen LogP contribution in [0.15, 0.2) is 9.59 Å². The summed E-state index contributed by atoms with van der Waals surface area (Å²) in [6.45, 7) is 6.13. The monoisotopic (exact) mass is 238 g/mol. The van der Waals surface area contributed by atoms with Crippen LogP contribution in [0, 0.1) is 0 Å². The summed E-state index contributed by atoms with van der Waals surface area (Å²) in [7, 11) is 1.65. The predicted molar refractivity (Wildman–Crippen MR) is 64.8 cm³/mol. The highest BCUT2D eigenvalue weighted by Crippen LogP contribution is 2.20.